The van der Waals surface area contributed by atoms with Crippen LogP contribution in [0.1, 0.15) is 62.3 Å². The van der Waals surface area contributed by atoms with Gasteiger partial charge in [0, 0.05) is 72.3 Å². The van der Waals surface area contributed by atoms with Gasteiger partial charge in [0.05, 0.1) is 22.8 Å². The molecule has 0 aliphatic heterocycles. The van der Waals surface area contributed by atoms with Crippen LogP contribution in [0, 0.1) is 0 Å². The van der Waals surface area contributed by atoms with Crippen molar-refractivity contribution < 1.29 is 4.79 Å². The number of rotatable bonds is 14. The van der Waals surface area contributed by atoms with Crippen LogP contribution in [0.4, 0.5) is 34.1 Å². The monoisotopic (exact) mass is 620 g/mol. The molecular weight excluding hydrogens is 568 g/mol. The van der Waals surface area contributed by atoms with Crippen molar-refractivity contribution in [1.82, 2.24) is 0 Å². The van der Waals surface area contributed by atoms with Crippen molar-refractivity contribution >= 4 is 45.6 Å². The third kappa shape index (κ3) is 8.39. The van der Waals surface area contributed by atoms with Crippen LogP contribution < -0.4 is 25.3 Å². The molecule has 0 saturated heterocycles. The first kappa shape index (κ1) is 34.4. The van der Waals surface area contributed by atoms with Crippen molar-refractivity contribution in [2.75, 3.05) is 45.0 Å². The Morgan fingerprint density at radius 3 is 1.28 bits per heavy atom. The highest BCUT2D eigenvalue weighted by atomic mass is 16.1. The van der Waals surface area contributed by atoms with Gasteiger partial charge in [-0.1, -0.05) is 0 Å². The summed E-state index contributed by atoms with van der Waals surface area (Å²) >= 11 is 0. The fourth-order valence-electron chi connectivity index (χ4n) is 6.04. The molecule has 3 aromatic carbocycles. The molecule has 46 heavy (non-hydrogen) atoms. The minimum Gasteiger partial charge on any atom is -0.369 e. The van der Waals surface area contributed by atoms with Crippen molar-refractivity contribution in [3.05, 3.63) is 96.3 Å². The number of nitrogens with zero attached hydrogens (tertiary/aromatic N) is 4. The highest BCUT2D eigenvalue weighted by Gasteiger charge is 2.21. The summed E-state index contributed by atoms with van der Waals surface area (Å²) in [4.78, 5) is 25.5. The number of hydrogen-bond acceptors (Lipinski definition) is 7. The molecule has 0 amide bonds. The van der Waals surface area contributed by atoms with E-state index in [0.717, 1.165) is 48.1 Å². The van der Waals surface area contributed by atoms with Crippen molar-refractivity contribution in [1.29, 1.82) is 0 Å². The molecule has 0 radical (unpaired) electrons. The summed E-state index contributed by atoms with van der Waals surface area (Å²) in [6.45, 7) is 22.5. The minimum atomic E-state index is -0.109. The molecule has 0 unspecified atom stereocenters. The molecular formula is C39H52N6O. The van der Waals surface area contributed by atoms with Gasteiger partial charge in [-0.2, -0.15) is 0 Å². The van der Waals surface area contributed by atoms with Gasteiger partial charge >= 0.3 is 0 Å². The molecule has 4 rings (SSSR count). The van der Waals surface area contributed by atoms with E-state index in [1.165, 1.54) is 5.69 Å². The third-order valence-electron chi connectivity index (χ3n) is 8.38. The molecule has 0 atom stereocenters. The maximum Gasteiger partial charge on any atom is 0.204 e. The summed E-state index contributed by atoms with van der Waals surface area (Å²) in [5.41, 5.74) is 7.88. The molecule has 0 bridgehead atoms. The van der Waals surface area contributed by atoms with Crippen LogP contribution in [0.15, 0.2) is 101 Å². The highest BCUT2D eigenvalue weighted by Crippen LogP contribution is 2.27. The Morgan fingerprint density at radius 2 is 0.913 bits per heavy atom. The Kier molecular flexibility index (Phi) is 11.7. The van der Waals surface area contributed by atoms with Gasteiger partial charge < -0.3 is 25.3 Å². The average Bonchev–Trinajstić information content (AvgIpc) is 3.02. The van der Waals surface area contributed by atoms with Gasteiger partial charge in [-0.05, 0) is 141 Å². The number of aliphatic imine (C=N–C) groups is 1. The number of carbonyl (C=O) groups is 1. The van der Waals surface area contributed by atoms with E-state index in [0.29, 0.717) is 35.2 Å². The Labute approximate surface area is 276 Å². The molecule has 1 aliphatic rings. The van der Waals surface area contributed by atoms with Gasteiger partial charge in [-0.15, -0.1) is 0 Å². The Morgan fingerprint density at radius 1 is 0.543 bits per heavy atom. The molecule has 0 saturated carbocycles. The molecule has 3 aromatic rings. The number of hydrogen-bond donors (Lipinski definition) is 2. The number of carbonyl (C=O) groups excluding carboxylic acids is 1. The van der Waals surface area contributed by atoms with Crippen LogP contribution in [-0.2, 0) is 4.79 Å². The fraction of sp³-hybridized carbons (Fsp3) is 0.385. The molecule has 0 heterocycles. The van der Waals surface area contributed by atoms with Crippen LogP contribution in [0.2, 0.25) is 0 Å². The second-order valence-corrected chi connectivity index (χ2v) is 12.5. The van der Waals surface area contributed by atoms with Gasteiger partial charge in [-0.25, -0.2) is 4.99 Å². The van der Waals surface area contributed by atoms with Gasteiger partial charge in [0.2, 0.25) is 5.78 Å². The molecule has 0 fully saturated rings. The van der Waals surface area contributed by atoms with E-state index in [2.05, 4.69) is 136 Å². The Hall–Kier alpha value is -4.52. The predicted octanol–water partition coefficient (Wildman–Crippen LogP) is 9.04. The number of benzene rings is 3. The van der Waals surface area contributed by atoms with E-state index in [4.69, 9.17) is 4.99 Å². The minimum absolute atomic E-state index is 0.109. The van der Waals surface area contributed by atoms with Crippen LogP contribution >= 0.6 is 0 Å². The second kappa shape index (κ2) is 15.7. The zero-order valence-electron chi connectivity index (χ0n) is 29.1. The summed E-state index contributed by atoms with van der Waals surface area (Å²) in [5, 5.41) is 6.83. The Bertz CT molecular complexity index is 1530. The van der Waals surface area contributed by atoms with Gasteiger partial charge in [-0.3, -0.25) is 4.79 Å². The summed E-state index contributed by atoms with van der Waals surface area (Å²) in [7, 11) is 0. The normalized spacial score (nSPS) is 14.1. The van der Waals surface area contributed by atoms with Gasteiger partial charge in [0.25, 0.3) is 0 Å². The lowest BCUT2D eigenvalue weighted by atomic mass is 10.0. The van der Waals surface area contributed by atoms with E-state index < -0.39 is 0 Å². The maximum absolute atomic E-state index is 13.5. The fourth-order valence-corrected chi connectivity index (χ4v) is 6.04. The van der Waals surface area contributed by atoms with Gasteiger partial charge in [0.15, 0.2) is 0 Å². The Balaban J connectivity index is 1.65. The molecule has 0 spiro atoms. The molecule has 244 valence electrons. The summed E-state index contributed by atoms with van der Waals surface area (Å²) in [6, 6.07) is 26.1. The first-order valence-corrected chi connectivity index (χ1v) is 16.7. The highest BCUT2D eigenvalue weighted by molar-refractivity contribution is 6.24. The lowest BCUT2D eigenvalue weighted by molar-refractivity contribution is -0.111. The zero-order chi connectivity index (χ0) is 33.4. The van der Waals surface area contributed by atoms with E-state index >= 15 is 0 Å². The maximum atomic E-state index is 13.5. The van der Waals surface area contributed by atoms with Crippen LogP contribution in [0.25, 0.3) is 0 Å². The molecule has 0 aromatic heterocycles. The number of anilines is 5. The van der Waals surface area contributed by atoms with Crippen molar-refractivity contribution in [2.45, 2.75) is 80.4 Å². The smallest absolute Gasteiger partial charge is 0.204 e. The summed E-state index contributed by atoms with van der Waals surface area (Å²) < 4.78 is 0. The standard InChI is InChI=1S/C39H52N6O/c1-10-43(27(4)5)33-19-13-30(14-20-33)40-36-25-38(42-32-17-23-35(24-18-32)45(12-3)29(8)9)39(46)26-37(36)41-31-15-21-34(22-16-31)44(11-2)28(6)7/h13-29,41-42H,10-12H2,1-9H3. The summed E-state index contributed by atoms with van der Waals surface area (Å²) in [6.07, 6.45) is 3.48. The molecule has 1 aliphatic carbocycles. The van der Waals surface area contributed by atoms with E-state index in [-0.39, 0.29) is 5.78 Å². The van der Waals surface area contributed by atoms with Crippen molar-refractivity contribution in [3.63, 3.8) is 0 Å². The average molecular weight is 621 g/mol. The van der Waals surface area contributed by atoms with E-state index in [9.17, 15) is 4.79 Å². The van der Waals surface area contributed by atoms with Crippen molar-refractivity contribution in [3.8, 4) is 0 Å². The second-order valence-electron chi connectivity index (χ2n) is 12.5. The summed E-state index contributed by atoms with van der Waals surface area (Å²) in [5.74, 6) is -0.109. The lowest BCUT2D eigenvalue weighted by Gasteiger charge is -2.28. The topological polar surface area (TPSA) is 63.2 Å². The lowest BCUT2D eigenvalue weighted by Crippen LogP contribution is -2.30. The SMILES string of the molecule is CCN(c1ccc(N=C2C=C(Nc3ccc(N(CC)C(C)C)cc3)C(=O)C=C2Nc2ccc(N(CC)C(C)C)cc2)cc1)C(C)C. The number of ketones is 1. The van der Waals surface area contributed by atoms with E-state index in [1.807, 2.05) is 30.3 Å². The largest absolute Gasteiger partial charge is 0.369 e. The van der Waals surface area contributed by atoms with Crippen molar-refractivity contribution in [2.24, 2.45) is 4.99 Å². The van der Waals surface area contributed by atoms with Crippen LogP contribution in [-0.4, -0.2) is 49.3 Å². The predicted molar refractivity (Wildman–Crippen MR) is 199 cm³/mol. The van der Waals surface area contributed by atoms with Crippen LogP contribution in [0.3, 0.4) is 0 Å². The molecule has 7 heteroatoms. The first-order chi connectivity index (χ1) is 22.0. The zero-order valence-corrected chi connectivity index (χ0v) is 29.1. The van der Waals surface area contributed by atoms with Crippen LogP contribution in [0.5, 0.6) is 0 Å². The quantitative estimate of drug-likeness (QED) is 0.175. The van der Waals surface area contributed by atoms with E-state index in [1.54, 1.807) is 6.08 Å². The number of nitrogens with one attached hydrogen (secondary N) is 2. The first-order valence-electron chi connectivity index (χ1n) is 16.7. The number of allylic oxidation sites excluding steroid dienone is 2. The molecule has 2 N–H and O–H groups in total. The molecule has 7 nitrogen and oxygen atoms in total. The van der Waals surface area contributed by atoms with Gasteiger partial charge in [0.1, 0.15) is 0 Å². The third-order valence-corrected chi connectivity index (χ3v) is 8.38.